The predicted molar refractivity (Wildman–Crippen MR) is 32.5 cm³/mol. The fraction of sp³-hybridized carbons (Fsp3) is 0.167. The summed E-state index contributed by atoms with van der Waals surface area (Å²) >= 11 is 0. The van der Waals surface area contributed by atoms with Gasteiger partial charge in [0, 0.05) is 0 Å². The highest BCUT2D eigenvalue weighted by atomic mass is 16.2. The largest absolute Gasteiger partial charge is 0.365 e. The van der Waals surface area contributed by atoms with Gasteiger partial charge in [-0.1, -0.05) is 6.58 Å². The first-order valence-electron chi connectivity index (χ1n) is 2.30. The van der Waals surface area contributed by atoms with Crippen molar-refractivity contribution in [3.63, 3.8) is 0 Å². The first-order chi connectivity index (χ1) is 4.09. The highest BCUT2D eigenvalue weighted by Crippen LogP contribution is 1.89. The molecule has 0 atom stereocenters. The van der Waals surface area contributed by atoms with Crippen molar-refractivity contribution in [2.45, 2.75) is 6.92 Å². The summed E-state index contributed by atoms with van der Waals surface area (Å²) in [6, 6.07) is 0. The number of nitrogens with two attached hydrogens (primary N) is 1. The van der Waals surface area contributed by atoms with Crippen LogP contribution in [0.3, 0.4) is 0 Å². The van der Waals surface area contributed by atoms with E-state index in [1.54, 1.807) is 0 Å². The number of carbonyl (C=O) groups is 2. The standard InChI is InChI=1S/C6H7NO2/c1-3-5(4(2)8)6(7)9/h1H2,2H3,(H2,7,9). The topological polar surface area (TPSA) is 60.2 Å². The predicted octanol–water partition coefficient (Wildman–Crippen LogP) is -0.228. The molecule has 0 rings (SSSR count). The maximum atomic E-state index is 10.4. The van der Waals surface area contributed by atoms with E-state index >= 15 is 0 Å². The summed E-state index contributed by atoms with van der Waals surface area (Å²) in [4.78, 5) is 20.6. The molecule has 0 saturated heterocycles. The van der Waals surface area contributed by atoms with E-state index in [1.165, 1.54) is 6.92 Å². The summed E-state index contributed by atoms with van der Waals surface area (Å²) in [6.45, 7) is 4.35. The summed E-state index contributed by atoms with van der Waals surface area (Å²) in [5.74, 6) is -1.19. The fourth-order valence-corrected chi connectivity index (χ4v) is 0.385. The number of amides is 1. The van der Waals surface area contributed by atoms with E-state index in [1.807, 2.05) is 0 Å². The summed E-state index contributed by atoms with van der Waals surface area (Å²) in [5, 5.41) is 0. The quantitative estimate of drug-likeness (QED) is 0.240. The lowest BCUT2D eigenvalue weighted by Crippen LogP contribution is -2.17. The van der Waals surface area contributed by atoms with Crippen LogP contribution in [-0.2, 0) is 9.59 Å². The van der Waals surface area contributed by atoms with Gasteiger partial charge in [0.15, 0.2) is 5.78 Å². The zero-order valence-electron chi connectivity index (χ0n) is 5.10. The molecule has 0 heterocycles. The third-order valence-corrected chi connectivity index (χ3v) is 0.775. The van der Waals surface area contributed by atoms with Crippen molar-refractivity contribution < 1.29 is 9.59 Å². The lowest BCUT2D eigenvalue weighted by Gasteiger charge is -1.88. The van der Waals surface area contributed by atoms with Crippen molar-refractivity contribution in [3.05, 3.63) is 17.9 Å². The maximum Gasteiger partial charge on any atom is 0.260 e. The first-order valence-corrected chi connectivity index (χ1v) is 2.30. The van der Waals surface area contributed by atoms with Crippen LogP contribution in [-0.4, -0.2) is 11.7 Å². The van der Waals surface area contributed by atoms with Gasteiger partial charge in [0.25, 0.3) is 5.91 Å². The molecule has 0 unspecified atom stereocenters. The fourth-order valence-electron chi connectivity index (χ4n) is 0.385. The van der Waals surface area contributed by atoms with Crippen LogP contribution in [0.15, 0.2) is 17.9 Å². The lowest BCUT2D eigenvalue weighted by atomic mass is 10.2. The van der Waals surface area contributed by atoms with E-state index in [-0.39, 0.29) is 5.57 Å². The summed E-state index contributed by atoms with van der Waals surface area (Å²) in [6.07, 6.45) is 0. The highest BCUT2D eigenvalue weighted by molar-refractivity contribution is 6.17. The molecule has 0 bridgehead atoms. The molecule has 0 aliphatic carbocycles. The molecule has 0 aromatic heterocycles. The van der Waals surface area contributed by atoms with Crippen LogP contribution in [0, 0.1) is 0 Å². The number of hydrogen-bond donors (Lipinski definition) is 1. The third kappa shape index (κ3) is 1.93. The van der Waals surface area contributed by atoms with Crippen LogP contribution < -0.4 is 5.73 Å². The van der Waals surface area contributed by atoms with Gasteiger partial charge in [0.2, 0.25) is 0 Å². The van der Waals surface area contributed by atoms with Crippen LogP contribution >= 0.6 is 0 Å². The molecule has 0 aromatic rings. The van der Waals surface area contributed by atoms with E-state index in [0.717, 1.165) is 0 Å². The second-order valence-corrected chi connectivity index (χ2v) is 1.47. The van der Waals surface area contributed by atoms with E-state index in [0.29, 0.717) is 0 Å². The van der Waals surface area contributed by atoms with Crippen molar-refractivity contribution >= 4 is 11.7 Å². The molecule has 9 heavy (non-hydrogen) atoms. The van der Waals surface area contributed by atoms with Crippen molar-refractivity contribution in [2.75, 3.05) is 0 Å². The molecule has 0 fully saturated rings. The number of ketones is 1. The normalized spacial score (nSPS) is 7.67. The number of rotatable bonds is 2. The van der Waals surface area contributed by atoms with Crippen molar-refractivity contribution in [3.8, 4) is 0 Å². The highest BCUT2D eigenvalue weighted by Gasteiger charge is 2.07. The Morgan fingerprint density at radius 3 is 2.00 bits per heavy atom. The van der Waals surface area contributed by atoms with Crippen LogP contribution in [0.25, 0.3) is 0 Å². The second kappa shape index (κ2) is 2.84. The van der Waals surface area contributed by atoms with Gasteiger partial charge in [0.05, 0.1) is 0 Å². The molecule has 2 N–H and O–H groups in total. The molecular formula is C6H7NO2. The van der Waals surface area contributed by atoms with Gasteiger partial charge < -0.3 is 5.73 Å². The zero-order chi connectivity index (χ0) is 7.44. The number of Topliss-reactive ketones (excluding diaryl/α,β-unsaturated/α-hetero) is 1. The molecule has 0 aliphatic rings. The molecular weight excluding hydrogens is 118 g/mol. The number of primary amides is 1. The van der Waals surface area contributed by atoms with Crippen LogP contribution in [0.4, 0.5) is 0 Å². The Bertz CT molecular complexity index is 183. The monoisotopic (exact) mass is 125 g/mol. The third-order valence-electron chi connectivity index (χ3n) is 0.775. The van der Waals surface area contributed by atoms with Gasteiger partial charge in [-0.05, 0) is 6.92 Å². The minimum Gasteiger partial charge on any atom is -0.365 e. The Labute approximate surface area is 52.8 Å². The second-order valence-electron chi connectivity index (χ2n) is 1.47. The summed E-state index contributed by atoms with van der Waals surface area (Å²) in [5.41, 5.74) is 6.72. The smallest absolute Gasteiger partial charge is 0.260 e. The van der Waals surface area contributed by atoms with Gasteiger partial charge in [0.1, 0.15) is 5.57 Å². The maximum absolute atomic E-state index is 10.4. The van der Waals surface area contributed by atoms with Crippen molar-refractivity contribution in [2.24, 2.45) is 5.73 Å². The molecule has 0 aliphatic heterocycles. The van der Waals surface area contributed by atoms with Crippen molar-refractivity contribution in [1.29, 1.82) is 0 Å². The van der Waals surface area contributed by atoms with Crippen LogP contribution in [0.5, 0.6) is 0 Å². The molecule has 3 nitrogen and oxygen atoms in total. The number of carbonyl (C=O) groups excluding carboxylic acids is 2. The molecule has 0 radical (unpaired) electrons. The van der Waals surface area contributed by atoms with E-state index in [9.17, 15) is 9.59 Å². The van der Waals surface area contributed by atoms with E-state index < -0.39 is 11.7 Å². The Kier molecular flexibility index (Phi) is 2.42. The van der Waals surface area contributed by atoms with E-state index in [2.05, 4.69) is 12.3 Å². The Morgan fingerprint density at radius 2 is 2.00 bits per heavy atom. The molecule has 48 valence electrons. The summed E-state index contributed by atoms with van der Waals surface area (Å²) < 4.78 is 0. The minimum atomic E-state index is -0.780. The molecule has 3 heteroatoms. The zero-order valence-corrected chi connectivity index (χ0v) is 5.10. The van der Waals surface area contributed by atoms with Gasteiger partial charge in [-0.25, -0.2) is 0 Å². The molecule has 1 amide bonds. The van der Waals surface area contributed by atoms with E-state index in [4.69, 9.17) is 5.73 Å². The molecule has 0 aromatic carbocycles. The number of hydrogen-bond acceptors (Lipinski definition) is 2. The minimum absolute atomic E-state index is 0.171. The van der Waals surface area contributed by atoms with Crippen LogP contribution in [0.2, 0.25) is 0 Å². The average molecular weight is 125 g/mol. The Hall–Kier alpha value is -1.34. The lowest BCUT2D eigenvalue weighted by molar-refractivity contribution is -0.119. The van der Waals surface area contributed by atoms with Gasteiger partial charge in [-0.3, -0.25) is 9.59 Å². The van der Waals surface area contributed by atoms with Crippen LogP contribution in [0.1, 0.15) is 6.92 Å². The van der Waals surface area contributed by atoms with Gasteiger partial charge in [-0.2, -0.15) is 0 Å². The SMILES string of the molecule is C=C=C(C(C)=O)C(N)=O. The van der Waals surface area contributed by atoms with Gasteiger partial charge in [-0.15, -0.1) is 5.73 Å². The molecule has 0 spiro atoms. The molecule has 0 saturated carbocycles. The Balaban J connectivity index is 4.59. The first kappa shape index (κ1) is 7.66. The average Bonchev–Trinajstić information content (AvgIpc) is 1.64. The summed E-state index contributed by atoms with van der Waals surface area (Å²) in [7, 11) is 0. The van der Waals surface area contributed by atoms with Gasteiger partial charge >= 0.3 is 0 Å². The van der Waals surface area contributed by atoms with Crippen molar-refractivity contribution in [1.82, 2.24) is 0 Å². The Morgan fingerprint density at radius 1 is 1.56 bits per heavy atom.